The molecule has 0 saturated carbocycles. The van der Waals surface area contributed by atoms with E-state index in [1.807, 2.05) is 0 Å². The molecule has 9 heteroatoms. The highest BCUT2D eigenvalue weighted by atomic mass is 16.6. The molecule has 0 bridgehead atoms. The van der Waals surface area contributed by atoms with Crippen LogP contribution in [0.4, 0.5) is 11.4 Å². The van der Waals surface area contributed by atoms with E-state index in [1.165, 1.54) is 12.1 Å². The Labute approximate surface area is 158 Å². The van der Waals surface area contributed by atoms with Crippen LogP contribution >= 0.6 is 0 Å². The van der Waals surface area contributed by atoms with Gasteiger partial charge in [-0.05, 0) is 24.6 Å². The third kappa shape index (κ3) is 4.04. The number of esters is 1. The molecule has 9 nitrogen and oxygen atoms in total. The SMILES string of the molecule is Cc1ccc(NC(=O)COC(=O)c2cc(=O)[nH]c3ccccc23)c([N+](=O)[O-])c1. The molecule has 2 aromatic carbocycles. The fraction of sp³-hybridized carbons (Fsp3) is 0.105. The van der Waals surface area contributed by atoms with Gasteiger partial charge < -0.3 is 15.0 Å². The van der Waals surface area contributed by atoms with Crippen molar-refractivity contribution < 1.29 is 19.2 Å². The van der Waals surface area contributed by atoms with Crippen LogP contribution in [0.15, 0.2) is 53.3 Å². The first-order valence-corrected chi connectivity index (χ1v) is 8.19. The minimum atomic E-state index is -0.851. The van der Waals surface area contributed by atoms with Crippen molar-refractivity contribution in [3.8, 4) is 0 Å². The zero-order chi connectivity index (χ0) is 20.3. The van der Waals surface area contributed by atoms with Crippen LogP contribution in [0.2, 0.25) is 0 Å². The fourth-order valence-corrected chi connectivity index (χ4v) is 2.67. The number of para-hydroxylation sites is 1. The van der Waals surface area contributed by atoms with E-state index < -0.39 is 29.0 Å². The Morgan fingerprint density at radius 2 is 1.93 bits per heavy atom. The van der Waals surface area contributed by atoms with Crippen molar-refractivity contribution in [1.82, 2.24) is 4.98 Å². The standard InChI is InChI=1S/C19H15N3O6/c1-11-6-7-15(16(8-11)22(26)27)21-18(24)10-28-19(25)13-9-17(23)20-14-5-3-2-4-12(13)14/h2-9H,10H2,1H3,(H,20,23)(H,21,24). The van der Waals surface area contributed by atoms with E-state index in [0.717, 1.165) is 6.07 Å². The Morgan fingerprint density at radius 3 is 2.68 bits per heavy atom. The fourth-order valence-electron chi connectivity index (χ4n) is 2.67. The molecule has 28 heavy (non-hydrogen) atoms. The molecule has 2 N–H and O–H groups in total. The second-order valence-electron chi connectivity index (χ2n) is 5.99. The van der Waals surface area contributed by atoms with Crippen LogP contribution in [0.5, 0.6) is 0 Å². The summed E-state index contributed by atoms with van der Waals surface area (Å²) in [7, 11) is 0. The molecular weight excluding hydrogens is 366 g/mol. The molecule has 0 atom stereocenters. The number of carbonyl (C=O) groups excluding carboxylic acids is 2. The number of amides is 1. The van der Waals surface area contributed by atoms with Crippen LogP contribution in [0.1, 0.15) is 15.9 Å². The van der Waals surface area contributed by atoms with Gasteiger partial charge in [-0.2, -0.15) is 0 Å². The number of fused-ring (bicyclic) bond motifs is 1. The number of nitrogens with one attached hydrogen (secondary N) is 2. The number of nitro benzene ring substituents is 1. The average Bonchev–Trinajstić information content (AvgIpc) is 2.66. The molecule has 0 saturated heterocycles. The number of aryl methyl sites for hydroxylation is 1. The number of H-pyrrole nitrogens is 1. The van der Waals surface area contributed by atoms with Gasteiger partial charge in [0, 0.05) is 23.0 Å². The van der Waals surface area contributed by atoms with E-state index in [-0.39, 0.29) is 16.9 Å². The number of pyridine rings is 1. The van der Waals surface area contributed by atoms with Gasteiger partial charge >= 0.3 is 5.97 Å². The third-order valence-electron chi connectivity index (χ3n) is 3.93. The third-order valence-corrected chi connectivity index (χ3v) is 3.93. The highest BCUT2D eigenvalue weighted by Crippen LogP contribution is 2.25. The molecular formula is C19H15N3O6. The van der Waals surface area contributed by atoms with Crippen LogP contribution in [-0.2, 0) is 9.53 Å². The van der Waals surface area contributed by atoms with E-state index in [1.54, 1.807) is 37.3 Å². The van der Waals surface area contributed by atoms with Crippen LogP contribution in [0.25, 0.3) is 10.9 Å². The van der Waals surface area contributed by atoms with Gasteiger partial charge in [-0.1, -0.05) is 24.3 Å². The first-order valence-electron chi connectivity index (χ1n) is 8.19. The number of hydrogen-bond donors (Lipinski definition) is 2. The largest absolute Gasteiger partial charge is 0.452 e. The quantitative estimate of drug-likeness (QED) is 0.397. The van der Waals surface area contributed by atoms with Gasteiger partial charge in [-0.3, -0.25) is 19.7 Å². The van der Waals surface area contributed by atoms with Crippen molar-refractivity contribution in [2.24, 2.45) is 0 Å². The van der Waals surface area contributed by atoms with E-state index in [0.29, 0.717) is 16.5 Å². The minimum Gasteiger partial charge on any atom is -0.452 e. The molecule has 1 amide bonds. The zero-order valence-electron chi connectivity index (χ0n) is 14.7. The first kappa shape index (κ1) is 18.8. The Bertz CT molecular complexity index is 1150. The number of carbonyl (C=O) groups is 2. The highest BCUT2D eigenvalue weighted by Gasteiger charge is 2.18. The molecule has 3 rings (SSSR count). The molecule has 0 aliphatic heterocycles. The molecule has 0 fully saturated rings. The summed E-state index contributed by atoms with van der Waals surface area (Å²) in [5.74, 6) is -1.59. The monoisotopic (exact) mass is 381 g/mol. The van der Waals surface area contributed by atoms with E-state index in [9.17, 15) is 24.5 Å². The summed E-state index contributed by atoms with van der Waals surface area (Å²) >= 11 is 0. The van der Waals surface area contributed by atoms with Gasteiger partial charge in [-0.25, -0.2) is 4.79 Å². The second kappa shape index (κ2) is 7.70. The van der Waals surface area contributed by atoms with Gasteiger partial charge in [0.1, 0.15) is 5.69 Å². The average molecular weight is 381 g/mol. The topological polar surface area (TPSA) is 131 Å². The summed E-state index contributed by atoms with van der Waals surface area (Å²) in [5.41, 5.74) is 0.399. The molecule has 0 aliphatic carbocycles. The van der Waals surface area contributed by atoms with Gasteiger partial charge in [0.05, 0.1) is 10.5 Å². The number of aromatic nitrogens is 1. The maximum atomic E-state index is 12.3. The molecule has 0 unspecified atom stereocenters. The normalized spacial score (nSPS) is 10.5. The molecule has 3 aromatic rings. The first-order chi connectivity index (χ1) is 13.3. The predicted octanol–water partition coefficient (Wildman–Crippen LogP) is 2.54. The van der Waals surface area contributed by atoms with Crippen LogP contribution < -0.4 is 10.9 Å². The molecule has 142 valence electrons. The maximum absolute atomic E-state index is 12.3. The molecule has 1 heterocycles. The van der Waals surface area contributed by atoms with Crippen molar-refractivity contribution in [1.29, 1.82) is 0 Å². The number of anilines is 1. The van der Waals surface area contributed by atoms with Gasteiger partial charge in [0.2, 0.25) is 5.56 Å². The summed E-state index contributed by atoms with van der Waals surface area (Å²) in [6.07, 6.45) is 0. The smallest absolute Gasteiger partial charge is 0.339 e. The van der Waals surface area contributed by atoms with E-state index in [2.05, 4.69) is 10.3 Å². The molecule has 1 aromatic heterocycles. The zero-order valence-corrected chi connectivity index (χ0v) is 14.7. The van der Waals surface area contributed by atoms with Crippen LogP contribution in [-0.4, -0.2) is 28.4 Å². The van der Waals surface area contributed by atoms with Gasteiger partial charge in [-0.15, -0.1) is 0 Å². The van der Waals surface area contributed by atoms with Gasteiger partial charge in [0.25, 0.3) is 11.6 Å². The van der Waals surface area contributed by atoms with Crippen molar-refractivity contribution in [2.45, 2.75) is 6.92 Å². The number of ether oxygens (including phenoxy) is 1. The summed E-state index contributed by atoms with van der Waals surface area (Å²) < 4.78 is 4.98. The van der Waals surface area contributed by atoms with Crippen molar-refractivity contribution in [3.05, 3.63) is 80.1 Å². The molecule has 0 aliphatic rings. The van der Waals surface area contributed by atoms with Gasteiger partial charge in [0.15, 0.2) is 6.61 Å². The lowest BCUT2D eigenvalue weighted by atomic mass is 10.1. The second-order valence-corrected chi connectivity index (χ2v) is 5.99. The summed E-state index contributed by atoms with van der Waals surface area (Å²) in [6.45, 7) is 1.03. The number of nitrogens with zero attached hydrogens (tertiary/aromatic N) is 1. The number of nitro groups is 1. The number of rotatable bonds is 5. The Hall–Kier alpha value is -4.01. The van der Waals surface area contributed by atoms with E-state index in [4.69, 9.17) is 4.74 Å². The molecule has 0 radical (unpaired) electrons. The number of benzene rings is 2. The van der Waals surface area contributed by atoms with E-state index >= 15 is 0 Å². The summed E-state index contributed by atoms with van der Waals surface area (Å²) in [4.78, 5) is 49.2. The van der Waals surface area contributed by atoms with Crippen LogP contribution in [0.3, 0.4) is 0 Å². The van der Waals surface area contributed by atoms with Crippen molar-refractivity contribution in [3.63, 3.8) is 0 Å². The lowest BCUT2D eigenvalue weighted by molar-refractivity contribution is -0.384. The Balaban J connectivity index is 1.73. The highest BCUT2D eigenvalue weighted by molar-refractivity contribution is 6.04. The molecule has 0 spiro atoms. The maximum Gasteiger partial charge on any atom is 0.339 e. The minimum absolute atomic E-state index is 0.00162. The lowest BCUT2D eigenvalue weighted by Crippen LogP contribution is -2.22. The summed E-state index contributed by atoms with van der Waals surface area (Å²) in [5, 5.41) is 13.9. The predicted molar refractivity (Wildman–Crippen MR) is 101 cm³/mol. The lowest BCUT2D eigenvalue weighted by Gasteiger charge is -2.09. The van der Waals surface area contributed by atoms with Crippen molar-refractivity contribution in [2.75, 3.05) is 11.9 Å². The summed E-state index contributed by atoms with van der Waals surface area (Å²) in [6, 6.07) is 12.1. The number of aromatic amines is 1. The van der Waals surface area contributed by atoms with Crippen LogP contribution in [0, 0.1) is 17.0 Å². The Kier molecular flexibility index (Phi) is 5.16. The van der Waals surface area contributed by atoms with Crippen molar-refractivity contribution >= 4 is 34.2 Å². The Morgan fingerprint density at radius 1 is 1.18 bits per heavy atom. The number of hydrogen-bond acceptors (Lipinski definition) is 6.